The van der Waals surface area contributed by atoms with Crippen molar-refractivity contribution in [2.45, 2.75) is 25.2 Å². The Morgan fingerprint density at radius 2 is 2.09 bits per heavy atom. The van der Waals surface area contributed by atoms with E-state index >= 15 is 0 Å². The molecule has 1 aliphatic carbocycles. The lowest BCUT2D eigenvalue weighted by Gasteiger charge is -2.12. The number of nitrogens with zero attached hydrogens (tertiary/aromatic N) is 2. The van der Waals surface area contributed by atoms with Crippen LogP contribution in [0.3, 0.4) is 0 Å². The molecule has 4 N–H and O–H groups in total. The second kappa shape index (κ2) is 6.70. The highest BCUT2D eigenvalue weighted by atomic mass is 19.1. The molecule has 0 atom stereocenters. The number of halogens is 1. The van der Waals surface area contributed by atoms with Crippen LogP contribution in [0.15, 0.2) is 30.5 Å². The van der Waals surface area contributed by atoms with E-state index in [4.69, 9.17) is 5.73 Å². The zero-order valence-electron chi connectivity index (χ0n) is 12.3. The van der Waals surface area contributed by atoms with Crippen LogP contribution >= 0.6 is 0 Å². The van der Waals surface area contributed by atoms with Gasteiger partial charge in [-0.15, -0.1) is 0 Å². The fourth-order valence-electron chi connectivity index (χ4n) is 2.28. The van der Waals surface area contributed by atoms with Crippen molar-refractivity contribution in [3.8, 4) is 0 Å². The summed E-state index contributed by atoms with van der Waals surface area (Å²) in [5.41, 5.74) is 7.03. The van der Waals surface area contributed by atoms with E-state index in [9.17, 15) is 4.39 Å². The lowest BCUT2D eigenvalue weighted by Crippen LogP contribution is -2.12. The molecule has 1 aromatic heterocycles. The van der Waals surface area contributed by atoms with Crippen molar-refractivity contribution >= 4 is 17.5 Å². The van der Waals surface area contributed by atoms with Crippen LogP contribution in [0.4, 0.5) is 21.8 Å². The molecule has 0 aliphatic heterocycles. The molecule has 22 heavy (non-hydrogen) atoms. The molecule has 3 rings (SSSR count). The van der Waals surface area contributed by atoms with Crippen LogP contribution in [-0.4, -0.2) is 23.1 Å². The third kappa shape index (κ3) is 3.51. The van der Waals surface area contributed by atoms with Crippen molar-refractivity contribution in [3.05, 3.63) is 41.8 Å². The summed E-state index contributed by atoms with van der Waals surface area (Å²) in [5, 5.41) is 6.24. The van der Waals surface area contributed by atoms with Gasteiger partial charge < -0.3 is 16.4 Å². The first-order valence-electron chi connectivity index (χ1n) is 7.60. The van der Waals surface area contributed by atoms with Crippen molar-refractivity contribution in [2.24, 2.45) is 5.73 Å². The largest absolute Gasteiger partial charge is 0.370 e. The van der Waals surface area contributed by atoms with E-state index in [1.807, 2.05) is 6.20 Å². The molecule has 1 saturated carbocycles. The van der Waals surface area contributed by atoms with Crippen molar-refractivity contribution < 1.29 is 4.39 Å². The van der Waals surface area contributed by atoms with Gasteiger partial charge in [0.05, 0.1) is 5.69 Å². The zero-order valence-corrected chi connectivity index (χ0v) is 12.3. The second-order valence-corrected chi connectivity index (χ2v) is 5.45. The van der Waals surface area contributed by atoms with E-state index in [0.717, 1.165) is 24.3 Å². The number of para-hydroxylation sites is 1. The maximum Gasteiger partial charge on any atom is 0.229 e. The smallest absolute Gasteiger partial charge is 0.229 e. The van der Waals surface area contributed by atoms with E-state index in [0.29, 0.717) is 24.1 Å². The van der Waals surface area contributed by atoms with Crippen molar-refractivity contribution in [2.75, 3.05) is 23.7 Å². The lowest BCUT2D eigenvalue weighted by molar-refractivity contribution is 0.631. The molecule has 116 valence electrons. The summed E-state index contributed by atoms with van der Waals surface area (Å²) >= 11 is 0. The molecule has 0 radical (unpaired) electrons. The first-order valence-corrected chi connectivity index (χ1v) is 7.60. The molecule has 6 heteroatoms. The molecular formula is C16H20FN5. The van der Waals surface area contributed by atoms with Gasteiger partial charge in [-0.25, -0.2) is 9.37 Å². The van der Waals surface area contributed by atoms with Gasteiger partial charge in [-0.1, -0.05) is 12.1 Å². The Hall–Kier alpha value is -2.21. The van der Waals surface area contributed by atoms with Gasteiger partial charge >= 0.3 is 0 Å². The molecule has 0 bridgehead atoms. The molecule has 2 aromatic rings. The van der Waals surface area contributed by atoms with Crippen LogP contribution in [0.2, 0.25) is 0 Å². The predicted octanol–water partition coefficient (Wildman–Crippen LogP) is 3.00. The maximum absolute atomic E-state index is 13.7. The molecule has 0 amide bonds. The average molecular weight is 301 g/mol. The quantitative estimate of drug-likeness (QED) is 0.685. The molecule has 5 nitrogen and oxygen atoms in total. The highest BCUT2D eigenvalue weighted by Crippen LogP contribution is 2.42. The summed E-state index contributed by atoms with van der Waals surface area (Å²) in [7, 11) is 0. The first kappa shape index (κ1) is 14.7. The number of hydrogen-bond donors (Lipinski definition) is 3. The highest BCUT2D eigenvalue weighted by molar-refractivity contribution is 5.57. The summed E-state index contributed by atoms with van der Waals surface area (Å²) in [6, 6.07) is 6.48. The summed E-state index contributed by atoms with van der Waals surface area (Å²) in [5.74, 6) is 1.44. The van der Waals surface area contributed by atoms with Gasteiger partial charge in [0.25, 0.3) is 0 Å². The predicted molar refractivity (Wildman–Crippen MR) is 85.9 cm³/mol. The van der Waals surface area contributed by atoms with Crippen LogP contribution in [0.5, 0.6) is 0 Å². The van der Waals surface area contributed by atoms with Gasteiger partial charge in [0.1, 0.15) is 11.6 Å². The van der Waals surface area contributed by atoms with Crippen molar-refractivity contribution in [1.29, 1.82) is 0 Å². The van der Waals surface area contributed by atoms with Crippen LogP contribution in [0, 0.1) is 5.82 Å². The standard InChI is InChI=1S/C16H20FN5/c17-13-4-1-2-5-14(13)21-16-20-10-12(11-6-7-11)15(22-16)19-9-3-8-18/h1-2,4-5,10-11H,3,6-9,18H2,(H2,19,20,21,22). The van der Waals surface area contributed by atoms with Crippen molar-refractivity contribution in [1.82, 2.24) is 9.97 Å². The minimum absolute atomic E-state index is 0.324. The number of nitrogens with one attached hydrogen (secondary N) is 2. The number of aromatic nitrogens is 2. The Morgan fingerprint density at radius 3 is 2.82 bits per heavy atom. The monoisotopic (exact) mass is 301 g/mol. The Bertz CT molecular complexity index is 642. The molecule has 0 spiro atoms. The van der Waals surface area contributed by atoms with Gasteiger partial charge in [-0.3, -0.25) is 0 Å². The fraction of sp³-hybridized carbons (Fsp3) is 0.375. The molecular weight excluding hydrogens is 281 g/mol. The van der Waals surface area contributed by atoms with Crippen LogP contribution in [0.25, 0.3) is 0 Å². The Kier molecular flexibility index (Phi) is 4.48. The van der Waals surface area contributed by atoms with Gasteiger partial charge in [-0.2, -0.15) is 4.98 Å². The molecule has 1 aromatic carbocycles. The third-order valence-corrected chi connectivity index (χ3v) is 3.63. The van der Waals surface area contributed by atoms with Gasteiger partial charge in [0.15, 0.2) is 0 Å². The zero-order chi connectivity index (χ0) is 15.4. The Balaban J connectivity index is 1.79. The topological polar surface area (TPSA) is 75.9 Å². The number of nitrogens with two attached hydrogens (primary N) is 1. The van der Waals surface area contributed by atoms with Gasteiger partial charge in [-0.05, 0) is 43.9 Å². The Morgan fingerprint density at radius 1 is 1.27 bits per heavy atom. The summed E-state index contributed by atoms with van der Waals surface area (Å²) in [6.07, 6.45) is 5.06. The minimum Gasteiger partial charge on any atom is -0.370 e. The summed E-state index contributed by atoms with van der Waals surface area (Å²) in [6.45, 7) is 1.41. The number of hydrogen-bond acceptors (Lipinski definition) is 5. The molecule has 1 fully saturated rings. The summed E-state index contributed by atoms with van der Waals surface area (Å²) in [4.78, 5) is 8.81. The molecule has 0 unspecified atom stereocenters. The first-order chi connectivity index (χ1) is 10.8. The normalized spacial score (nSPS) is 13.9. The van der Waals surface area contributed by atoms with Crippen LogP contribution in [0.1, 0.15) is 30.7 Å². The number of anilines is 3. The van der Waals surface area contributed by atoms with E-state index in [1.165, 1.54) is 18.9 Å². The van der Waals surface area contributed by atoms with Crippen LogP contribution in [-0.2, 0) is 0 Å². The number of rotatable bonds is 7. The van der Waals surface area contributed by atoms with E-state index < -0.39 is 0 Å². The lowest BCUT2D eigenvalue weighted by atomic mass is 10.2. The van der Waals surface area contributed by atoms with E-state index in [-0.39, 0.29) is 5.82 Å². The molecule has 1 heterocycles. The number of benzene rings is 1. The highest BCUT2D eigenvalue weighted by Gasteiger charge is 2.27. The van der Waals surface area contributed by atoms with E-state index in [2.05, 4.69) is 20.6 Å². The van der Waals surface area contributed by atoms with Crippen LogP contribution < -0.4 is 16.4 Å². The van der Waals surface area contributed by atoms with Crippen molar-refractivity contribution in [3.63, 3.8) is 0 Å². The Labute approximate surface area is 129 Å². The molecule has 1 aliphatic rings. The second-order valence-electron chi connectivity index (χ2n) is 5.45. The third-order valence-electron chi connectivity index (χ3n) is 3.63. The maximum atomic E-state index is 13.7. The molecule has 0 saturated heterocycles. The minimum atomic E-state index is -0.324. The van der Waals surface area contributed by atoms with Gasteiger partial charge in [0.2, 0.25) is 5.95 Å². The average Bonchev–Trinajstić information content (AvgIpc) is 3.35. The summed E-state index contributed by atoms with van der Waals surface area (Å²) < 4.78 is 13.7. The fourth-order valence-corrected chi connectivity index (χ4v) is 2.28. The van der Waals surface area contributed by atoms with Gasteiger partial charge in [0, 0.05) is 18.3 Å². The SMILES string of the molecule is NCCCNc1nc(Nc2ccccc2F)ncc1C1CC1. The van der Waals surface area contributed by atoms with E-state index in [1.54, 1.807) is 18.2 Å².